The third-order valence-corrected chi connectivity index (χ3v) is 3.18. The van der Waals surface area contributed by atoms with Crippen LogP contribution in [-0.2, 0) is 6.42 Å². The van der Waals surface area contributed by atoms with Gasteiger partial charge in [0.2, 0.25) is 5.88 Å². The van der Waals surface area contributed by atoms with E-state index in [0.29, 0.717) is 11.9 Å². The lowest BCUT2D eigenvalue weighted by molar-refractivity contribution is 0.399. The van der Waals surface area contributed by atoms with Crippen LogP contribution in [0.5, 0.6) is 5.88 Å². The zero-order valence-corrected chi connectivity index (χ0v) is 9.86. The molecule has 1 unspecified atom stereocenters. The van der Waals surface area contributed by atoms with E-state index in [2.05, 4.69) is 20.3 Å². The number of imidazole rings is 1. The molecular formula is C12H16N4O. The standard InChI is InChI=1S/C12H16N4O/c1-17-11-5-4-9-12(16-11)15-10(14-9)7-8-3-2-6-13-8/h4-5,8,13H,2-3,6-7H2,1H3,(H,14,15,16). The zero-order valence-electron chi connectivity index (χ0n) is 9.86. The first-order valence-electron chi connectivity index (χ1n) is 5.98. The van der Waals surface area contributed by atoms with Gasteiger partial charge >= 0.3 is 0 Å². The Balaban J connectivity index is 1.85. The molecule has 2 aromatic rings. The molecule has 1 aliphatic rings. The molecule has 1 atom stereocenters. The summed E-state index contributed by atoms with van der Waals surface area (Å²) in [7, 11) is 1.62. The van der Waals surface area contributed by atoms with Crippen LogP contribution < -0.4 is 10.1 Å². The summed E-state index contributed by atoms with van der Waals surface area (Å²) >= 11 is 0. The summed E-state index contributed by atoms with van der Waals surface area (Å²) < 4.78 is 5.09. The van der Waals surface area contributed by atoms with Crippen molar-refractivity contribution >= 4 is 11.2 Å². The number of hydrogen-bond acceptors (Lipinski definition) is 4. The minimum Gasteiger partial charge on any atom is -0.481 e. The van der Waals surface area contributed by atoms with Crippen molar-refractivity contribution in [2.45, 2.75) is 25.3 Å². The summed E-state index contributed by atoms with van der Waals surface area (Å²) in [6.07, 6.45) is 3.43. The van der Waals surface area contributed by atoms with Gasteiger partial charge in [0.15, 0.2) is 5.65 Å². The van der Waals surface area contributed by atoms with Gasteiger partial charge in [0.1, 0.15) is 5.82 Å². The minimum absolute atomic E-state index is 0.553. The molecule has 0 bridgehead atoms. The summed E-state index contributed by atoms with van der Waals surface area (Å²) in [6, 6.07) is 4.36. The second-order valence-electron chi connectivity index (χ2n) is 4.41. The van der Waals surface area contributed by atoms with Gasteiger partial charge in [-0.1, -0.05) is 0 Å². The molecule has 1 saturated heterocycles. The number of ether oxygens (including phenoxy) is 1. The predicted molar refractivity (Wildman–Crippen MR) is 65.2 cm³/mol. The largest absolute Gasteiger partial charge is 0.481 e. The Kier molecular flexibility index (Phi) is 2.68. The van der Waals surface area contributed by atoms with Gasteiger partial charge in [0.05, 0.1) is 12.6 Å². The van der Waals surface area contributed by atoms with Crippen molar-refractivity contribution < 1.29 is 4.74 Å². The van der Waals surface area contributed by atoms with Crippen LogP contribution in [0.15, 0.2) is 12.1 Å². The van der Waals surface area contributed by atoms with Gasteiger partial charge in [-0.15, -0.1) is 0 Å². The number of nitrogens with one attached hydrogen (secondary N) is 2. The van der Waals surface area contributed by atoms with E-state index in [9.17, 15) is 0 Å². The van der Waals surface area contributed by atoms with Crippen molar-refractivity contribution in [3.05, 3.63) is 18.0 Å². The van der Waals surface area contributed by atoms with Crippen LogP contribution >= 0.6 is 0 Å². The molecule has 0 aromatic carbocycles. The lowest BCUT2D eigenvalue weighted by Crippen LogP contribution is -2.24. The zero-order chi connectivity index (χ0) is 11.7. The van der Waals surface area contributed by atoms with Crippen LogP contribution in [-0.4, -0.2) is 34.6 Å². The SMILES string of the molecule is COc1ccc2[nH]c(CC3CCCN3)nc2n1. The Bertz CT molecular complexity index is 516. The maximum absolute atomic E-state index is 5.09. The van der Waals surface area contributed by atoms with Gasteiger partial charge in [0.25, 0.3) is 0 Å². The topological polar surface area (TPSA) is 62.8 Å². The van der Waals surface area contributed by atoms with Gasteiger partial charge in [-0.2, -0.15) is 4.98 Å². The predicted octanol–water partition coefficient (Wildman–Crippen LogP) is 1.26. The highest BCUT2D eigenvalue weighted by molar-refractivity contribution is 5.71. The molecule has 5 nitrogen and oxygen atoms in total. The third kappa shape index (κ3) is 2.10. The van der Waals surface area contributed by atoms with E-state index >= 15 is 0 Å². The summed E-state index contributed by atoms with van der Waals surface area (Å²) in [6.45, 7) is 1.12. The van der Waals surface area contributed by atoms with Crippen LogP contribution in [0, 0.1) is 0 Å². The first-order valence-corrected chi connectivity index (χ1v) is 5.98. The molecule has 2 N–H and O–H groups in total. The van der Waals surface area contributed by atoms with Gasteiger partial charge in [0, 0.05) is 18.5 Å². The van der Waals surface area contributed by atoms with E-state index in [1.54, 1.807) is 7.11 Å². The molecule has 0 aliphatic carbocycles. The van der Waals surface area contributed by atoms with Crippen LogP contribution in [0.1, 0.15) is 18.7 Å². The highest BCUT2D eigenvalue weighted by atomic mass is 16.5. The highest BCUT2D eigenvalue weighted by Crippen LogP contribution is 2.16. The number of methoxy groups -OCH3 is 1. The second-order valence-corrected chi connectivity index (χ2v) is 4.41. The number of H-pyrrole nitrogens is 1. The molecule has 90 valence electrons. The minimum atomic E-state index is 0.553. The van der Waals surface area contributed by atoms with E-state index in [1.807, 2.05) is 12.1 Å². The van der Waals surface area contributed by atoms with Crippen LogP contribution in [0.4, 0.5) is 0 Å². The molecule has 0 amide bonds. The van der Waals surface area contributed by atoms with Gasteiger partial charge in [-0.3, -0.25) is 0 Å². The molecule has 1 fully saturated rings. The molecule has 17 heavy (non-hydrogen) atoms. The molecule has 3 rings (SSSR count). The maximum atomic E-state index is 5.09. The maximum Gasteiger partial charge on any atom is 0.215 e. The van der Waals surface area contributed by atoms with E-state index < -0.39 is 0 Å². The number of aromatic amines is 1. The van der Waals surface area contributed by atoms with E-state index in [1.165, 1.54) is 12.8 Å². The number of fused-ring (bicyclic) bond motifs is 1. The molecule has 0 radical (unpaired) electrons. The Morgan fingerprint density at radius 2 is 2.35 bits per heavy atom. The fourth-order valence-electron chi connectivity index (χ4n) is 2.30. The Hall–Kier alpha value is -1.62. The van der Waals surface area contributed by atoms with Crippen molar-refractivity contribution in [1.82, 2.24) is 20.3 Å². The Morgan fingerprint density at radius 3 is 3.12 bits per heavy atom. The summed E-state index contributed by atoms with van der Waals surface area (Å²) in [5.74, 6) is 1.61. The van der Waals surface area contributed by atoms with Crippen molar-refractivity contribution in [2.75, 3.05) is 13.7 Å². The molecule has 1 aliphatic heterocycles. The lowest BCUT2D eigenvalue weighted by Gasteiger charge is -2.06. The van der Waals surface area contributed by atoms with Crippen molar-refractivity contribution in [3.8, 4) is 5.88 Å². The fourth-order valence-corrected chi connectivity index (χ4v) is 2.30. The average molecular weight is 232 g/mol. The van der Waals surface area contributed by atoms with Crippen molar-refractivity contribution in [3.63, 3.8) is 0 Å². The fraction of sp³-hybridized carbons (Fsp3) is 0.500. The third-order valence-electron chi connectivity index (χ3n) is 3.18. The molecule has 3 heterocycles. The normalized spacial score (nSPS) is 19.9. The molecule has 0 spiro atoms. The highest BCUT2D eigenvalue weighted by Gasteiger charge is 2.16. The van der Waals surface area contributed by atoms with E-state index in [4.69, 9.17) is 4.74 Å². The second kappa shape index (κ2) is 4.33. The number of hydrogen-bond donors (Lipinski definition) is 2. The number of pyridine rings is 1. The van der Waals surface area contributed by atoms with Crippen molar-refractivity contribution in [2.24, 2.45) is 0 Å². The monoisotopic (exact) mass is 232 g/mol. The first-order chi connectivity index (χ1) is 8.35. The van der Waals surface area contributed by atoms with Crippen LogP contribution in [0.25, 0.3) is 11.2 Å². The quantitative estimate of drug-likeness (QED) is 0.836. The van der Waals surface area contributed by atoms with Gasteiger partial charge < -0.3 is 15.0 Å². The summed E-state index contributed by atoms with van der Waals surface area (Å²) in [4.78, 5) is 12.1. The first kappa shape index (κ1) is 10.5. The van der Waals surface area contributed by atoms with E-state index in [0.717, 1.165) is 30.0 Å². The van der Waals surface area contributed by atoms with Crippen LogP contribution in [0.2, 0.25) is 0 Å². The van der Waals surface area contributed by atoms with Crippen LogP contribution in [0.3, 0.4) is 0 Å². The number of rotatable bonds is 3. The molecule has 0 saturated carbocycles. The number of nitrogens with zero attached hydrogens (tertiary/aromatic N) is 2. The lowest BCUT2D eigenvalue weighted by atomic mass is 10.1. The summed E-state index contributed by atoms with van der Waals surface area (Å²) in [5, 5.41) is 3.47. The number of aromatic nitrogens is 3. The van der Waals surface area contributed by atoms with Gasteiger partial charge in [-0.25, -0.2) is 4.98 Å². The van der Waals surface area contributed by atoms with Crippen molar-refractivity contribution in [1.29, 1.82) is 0 Å². The molecule has 5 heteroatoms. The van der Waals surface area contributed by atoms with E-state index in [-0.39, 0.29) is 0 Å². The van der Waals surface area contributed by atoms with Gasteiger partial charge in [-0.05, 0) is 25.5 Å². The average Bonchev–Trinajstić information content (AvgIpc) is 2.96. The summed E-state index contributed by atoms with van der Waals surface area (Å²) in [5.41, 5.74) is 1.70. The molecular weight excluding hydrogens is 216 g/mol. The molecule has 2 aromatic heterocycles. The Morgan fingerprint density at radius 1 is 1.41 bits per heavy atom. The Labute approximate surface area is 99.6 Å². The smallest absolute Gasteiger partial charge is 0.215 e.